The fourth-order valence-electron chi connectivity index (χ4n) is 1.21. The van der Waals surface area contributed by atoms with E-state index in [-0.39, 0.29) is 6.61 Å². The molecule has 1 amide bonds. The quantitative estimate of drug-likeness (QED) is 0.859. The molecule has 0 radical (unpaired) electrons. The van der Waals surface area contributed by atoms with Crippen LogP contribution >= 0.6 is 11.6 Å². The van der Waals surface area contributed by atoms with Crippen LogP contribution in [0.4, 0.5) is 13.2 Å². The van der Waals surface area contributed by atoms with E-state index < -0.39 is 34.8 Å². The summed E-state index contributed by atoms with van der Waals surface area (Å²) in [5.74, 6) is -0.764. The SMILES string of the molecule is CCONC(=O)Cn1cc(C(F)(F)F)cc(Cl)c1=O. The van der Waals surface area contributed by atoms with Crippen molar-refractivity contribution in [3.05, 3.63) is 33.2 Å². The van der Waals surface area contributed by atoms with Crippen LogP contribution in [0.15, 0.2) is 17.1 Å². The fourth-order valence-corrected chi connectivity index (χ4v) is 1.44. The van der Waals surface area contributed by atoms with Gasteiger partial charge in [-0.3, -0.25) is 14.4 Å². The van der Waals surface area contributed by atoms with Crippen LogP contribution in [0.1, 0.15) is 12.5 Å². The maximum Gasteiger partial charge on any atom is 0.417 e. The molecule has 0 aliphatic carbocycles. The minimum absolute atomic E-state index is 0.185. The van der Waals surface area contributed by atoms with Crippen LogP contribution in [0.3, 0.4) is 0 Å². The van der Waals surface area contributed by atoms with E-state index in [1.54, 1.807) is 6.92 Å². The van der Waals surface area contributed by atoms with E-state index in [1.165, 1.54) is 0 Å². The average Bonchev–Trinajstić information content (AvgIpc) is 2.30. The molecule has 0 saturated heterocycles. The smallest absolute Gasteiger partial charge is 0.304 e. The zero-order chi connectivity index (χ0) is 14.6. The molecule has 0 aliphatic heterocycles. The lowest BCUT2D eigenvalue weighted by atomic mass is 10.2. The second kappa shape index (κ2) is 6.07. The Kier molecular flexibility index (Phi) is 4.96. The highest BCUT2D eigenvalue weighted by molar-refractivity contribution is 6.30. The number of pyridine rings is 1. The average molecular weight is 299 g/mol. The molecule has 0 fully saturated rings. The van der Waals surface area contributed by atoms with Gasteiger partial charge in [-0.05, 0) is 13.0 Å². The Bertz CT molecular complexity index is 528. The van der Waals surface area contributed by atoms with Gasteiger partial charge >= 0.3 is 6.18 Å². The Morgan fingerprint density at radius 3 is 2.68 bits per heavy atom. The molecule has 106 valence electrons. The fraction of sp³-hybridized carbons (Fsp3) is 0.400. The van der Waals surface area contributed by atoms with Gasteiger partial charge in [0, 0.05) is 6.20 Å². The van der Waals surface area contributed by atoms with Crippen LogP contribution in [0.2, 0.25) is 5.02 Å². The molecule has 1 rings (SSSR count). The summed E-state index contributed by atoms with van der Waals surface area (Å²) in [5.41, 5.74) is -0.0349. The standard InChI is InChI=1S/C10H10ClF3N2O3/c1-2-19-15-8(17)5-16-4-6(10(12,13)14)3-7(11)9(16)18/h3-4H,2,5H2,1H3,(H,15,17). The molecule has 19 heavy (non-hydrogen) atoms. The number of nitrogens with zero attached hydrogens (tertiary/aromatic N) is 1. The Morgan fingerprint density at radius 2 is 2.16 bits per heavy atom. The Balaban J connectivity index is 3.04. The predicted octanol–water partition coefficient (Wildman–Crippen LogP) is 1.59. The van der Waals surface area contributed by atoms with Crippen LogP contribution in [-0.2, 0) is 22.4 Å². The Hall–Kier alpha value is -1.54. The maximum atomic E-state index is 12.5. The molecule has 1 N–H and O–H groups in total. The molecule has 0 bridgehead atoms. The molecule has 1 aromatic rings. The highest BCUT2D eigenvalue weighted by Gasteiger charge is 2.32. The zero-order valence-electron chi connectivity index (χ0n) is 9.75. The van der Waals surface area contributed by atoms with Crippen LogP contribution in [0.25, 0.3) is 0 Å². The molecule has 0 unspecified atom stereocenters. The molecular weight excluding hydrogens is 289 g/mol. The van der Waals surface area contributed by atoms with Crippen molar-refractivity contribution >= 4 is 17.5 Å². The van der Waals surface area contributed by atoms with Crippen molar-refractivity contribution in [3.63, 3.8) is 0 Å². The Morgan fingerprint density at radius 1 is 1.53 bits per heavy atom. The van der Waals surface area contributed by atoms with Gasteiger partial charge in [0.05, 0.1) is 12.2 Å². The second-order valence-electron chi connectivity index (χ2n) is 3.47. The molecule has 0 aromatic carbocycles. The number of amides is 1. The topological polar surface area (TPSA) is 60.3 Å². The molecule has 1 aromatic heterocycles. The number of hydrogen-bond acceptors (Lipinski definition) is 3. The minimum atomic E-state index is -4.66. The van der Waals surface area contributed by atoms with Gasteiger partial charge in [-0.15, -0.1) is 0 Å². The van der Waals surface area contributed by atoms with Gasteiger partial charge in [0.1, 0.15) is 11.6 Å². The predicted molar refractivity (Wildman–Crippen MR) is 60.5 cm³/mol. The van der Waals surface area contributed by atoms with Crippen LogP contribution in [-0.4, -0.2) is 17.1 Å². The molecule has 9 heteroatoms. The number of alkyl halides is 3. The number of nitrogens with one attached hydrogen (secondary N) is 1. The molecule has 0 atom stereocenters. The third kappa shape index (κ3) is 4.25. The van der Waals surface area contributed by atoms with Gasteiger partial charge in [0.25, 0.3) is 11.5 Å². The third-order valence-electron chi connectivity index (χ3n) is 2.01. The van der Waals surface area contributed by atoms with Crippen molar-refractivity contribution in [2.75, 3.05) is 6.61 Å². The third-order valence-corrected chi connectivity index (χ3v) is 2.28. The summed E-state index contributed by atoms with van der Waals surface area (Å²) >= 11 is 5.42. The summed E-state index contributed by atoms with van der Waals surface area (Å²) in [6.07, 6.45) is -4.13. The van der Waals surface area contributed by atoms with Gasteiger partial charge in [0.2, 0.25) is 0 Å². The number of hydrogen-bond donors (Lipinski definition) is 1. The molecular formula is C10H10ClF3N2O3. The first-order valence-corrected chi connectivity index (χ1v) is 5.51. The van der Waals surface area contributed by atoms with Gasteiger partial charge < -0.3 is 4.57 Å². The summed E-state index contributed by atoms with van der Waals surface area (Å²) in [6.45, 7) is 1.17. The van der Waals surface area contributed by atoms with Crippen LogP contribution < -0.4 is 11.0 Å². The van der Waals surface area contributed by atoms with E-state index in [4.69, 9.17) is 11.6 Å². The number of halogens is 4. The summed E-state index contributed by atoms with van der Waals surface area (Å²) in [6, 6.07) is 0.515. The number of rotatable bonds is 4. The van der Waals surface area contributed by atoms with E-state index in [0.717, 1.165) is 0 Å². The number of carbonyl (C=O) groups excluding carboxylic acids is 1. The molecule has 0 aliphatic rings. The monoisotopic (exact) mass is 298 g/mol. The molecule has 1 heterocycles. The lowest BCUT2D eigenvalue weighted by Crippen LogP contribution is -2.33. The summed E-state index contributed by atoms with van der Waals surface area (Å²) < 4.78 is 38.1. The normalized spacial score (nSPS) is 11.4. The van der Waals surface area contributed by atoms with Crippen LogP contribution in [0, 0.1) is 0 Å². The highest BCUT2D eigenvalue weighted by atomic mass is 35.5. The molecule has 0 spiro atoms. The summed E-state index contributed by atoms with van der Waals surface area (Å²) in [4.78, 5) is 27.3. The van der Waals surface area contributed by atoms with Gasteiger partial charge in [0.15, 0.2) is 0 Å². The summed E-state index contributed by atoms with van der Waals surface area (Å²) in [5, 5.41) is -0.612. The van der Waals surface area contributed by atoms with E-state index in [0.29, 0.717) is 16.8 Å². The lowest BCUT2D eigenvalue weighted by Gasteiger charge is -2.11. The first-order chi connectivity index (χ1) is 8.75. The highest BCUT2D eigenvalue weighted by Crippen LogP contribution is 2.29. The first kappa shape index (κ1) is 15.5. The van der Waals surface area contributed by atoms with Gasteiger partial charge in [-0.2, -0.15) is 13.2 Å². The number of carbonyl (C=O) groups is 1. The van der Waals surface area contributed by atoms with E-state index in [2.05, 4.69) is 4.84 Å². The first-order valence-electron chi connectivity index (χ1n) is 5.13. The lowest BCUT2D eigenvalue weighted by molar-refractivity contribution is -0.139. The zero-order valence-corrected chi connectivity index (χ0v) is 10.5. The van der Waals surface area contributed by atoms with Crippen molar-refractivity contribution < 1.29 is 22.8 Å². The summed E-state index contributed by atoms with van der Waals surface area (Å²) in [7, 11) is 0. The minimum Gasteiger partial charge on any atom is -0.304 e. The van der Waals surface area contributed by atoms with Gasteiger partial charge in [-0.1, -0.05) is 11.6 Å². The number of aromatic nitrogens is 1. The maximum absolute atomic E-state index is 12.5. The van der Waals surface area contributed by atoms with Crippen molar-refractivity contribution in [1.29, 1.82) is 0 Å². The van der Waals surface area contributed by atoms with Crippen molar-refractivity contribution in [3.8, 4) is 0 Å². The second-order valence-corrected chi connectivity index (χ2v) is 3.87. The van der Waals surface area contributed by atoms with Crippen molar-refractivity contribution in [2.24, 2.45) is 0 Å². The van der Waals surface area contributed by atoms with E-state index >= 15 is 0 Å². The van der Waals surface area contributed by atoms with Gasteiger partial charge in [-0.25, -0.2) is 5.48 Å². The van der Waals surface area contributed by atoms with Crippen molar-refractivity contribution in [1.82, 2.24) is 10.0 Å². The van der Waals surface area contributed by atoms with Crippen molar-refractivity contribution in [2.45, 2.75) is 19.6 Å². The largest absolute Gasteiger partial charge is 0.417 e. The molecule has 0 saturated carbocycles. The Labute approximate surface area is 110 Å². The molecule has 5 nitrogen and oxygen atoms in total. The number of hydroxylamine groups is 1. The van der Waals surface area contributed by atoms with E-state index in [1.807, 2.05) is 5.48 Å². The van der Waals surface area contributed by atoms with Crippen LogP contribution in [0.5, 0.6) is 0 Å². The van der Waals surface area contributed by atoms with E-state index in [9.17, 15) is 22.8 Å².